The van der Waals surface area contributed by atoms with Crippen LogP contribution in [0.2, 0.25) is 0 Å². The quantitative estimate of drug-likeness (QED) is 0.654. The van der Waals surface area contributed by atoms with Crippen molar-refractivity contribution < 1.29 is 9.53 Å². The highest BCUT2D eigenvalue weighted by Crippen LogP contribution is 2.16. The van der Waals surface area contributed by atoms with Gasteiger partial charge in [-0.05, 0) is 53.1 Å². The first-order valence-corrected chi connectivity index (χ1v) is 7.26. The van der Waals surface area contributed by atoms with Gasteiger partial charge in [-0.3, -0.25) is 10.1 Å². The van der Waals surface area contributed by atoms with E-state index in [0.29, 0.717) is 5.92 Å². The molecule has 0 aromatic heterocycles. The van der Waals surface area contributed by atoms with Crippen molar-refractivity contribution in [3.05, 3.63) is 0 Å². The van der Waals surface area contributed by atoms with Crippen molar-refractivity contribution in [3.63, 3.8) is 0 Å². The van der Waals surface area contributed by atoms with Crippen molar-refractivity contribution in [1.29, 1.82) is 0 Å². The maximum absolute atomic E-state index is 11.9. The summed E-state index contributed by atoms with van der Waals surface area (Å²) in [5, 5.41) is 3.33. The van der Waals surface area contributed by atoms with Gasteiger partial charge in [-0.15, -0.1) is 0 Å². The third kappa shape index (κ3) is 7.53. The van der Waals surface area contributed by atoms with Gasteiger partial charge >= 0.3 is 5.97 Å². The lowest BCUT2D eigenvalue weighted by molar-refractivity contribution is -0.148. The van der Waals surface area contributed by atoms with E-state index in [0.717, 1.165) is 25.9 Å². The molecule has 0 aliphatic carbocycles. The molecule has 0 aliphatic heterocycles. The molecule has 0 radical (unpaired) electrons. The predicted molar refractivity (Wildman–Crippen MR) is 80.3 cm³/mol. The molecule has 4 nitrogen and oxygen atoms in total. The van der Waals surface area contributed by atoms with Crippen LogP contribution in [0.25, 0.3) is 0 Å². The van der Waals surface area contributed by atoms with Crippen LogP contribution in [0.3, 0.4) is 0 Å². The second kappa shape index (κ2) is 8.54. The molecule has 1 N–H and O–H groups in total. The van der Waals surface area contributed by atoms with E-state index in [-0.39, 0.29) is 12.0 Å². The number of carbonyl (C=O) groups excluding carboxylic acids is 1. The van der Waals surface area contributed by atoms with E-state index in [1.165, 1.54) is 7.11 Å². The smallest absolute Gasteiger partial charge is 0.325 e. The number of nitrogens with one attached hydrogen (secondary N) is 1. The number of rotatable bonds is 9. The normalized spacial score (nSPS) is 15.1. The molecule has 114 valence electrons. The van der Waals surface area contributed by atoms with Crippen LogP contribution in [0.1, 0.15) is 47.5 Å². The average molecular weight is 272 g/mol. The molecule has 1 atom stereocenters. The van der Waals surface area contributed by atoms with Gasteiger partial charge in [-0.2, -0.15) is 0 Å². The van der Waals surface area contributed by atoms with Crippen LogP contribution >= 0.6 is 0 Å². The lowest BCUT2D eigenvalue weighted by atomic mass is 9.94. The van der Waals surface area contributed by atoms with Gasteiger partial charge in [0.25, 0.3) is 0 Å². The van der Waals surface area contributed by atoms with Crippen LogP contribution in [0.4, 0.5) is 0 Å². The summed E-state index contributed by atoms with van der Waals surface area (Å²) in [6.07, 6.45) is 1.77. The highest BCUT2D eigenvalue weighted by Gasteiger charge is 2.34. The summed E-state index contributed by atoms with van der Waals surface area (Å²) in [5.74, 6) is 0.499. The first kappa shape index (κ1) is 18.4. The largest absolute Gasteiger partial charge is 0.468 e. The third-order valence-corrected chi connectivity index (χ3v) is 3.14. The summed E-state index contributed by atoms with van der Waals surface area (Å²) in [6, 6.07) is 0.262. The van der Waals surface area contributed by atoms with E-state index in [4.69, 9.17) is 4.74 Å². The Bertz CT molecular complexity index is 267. The minimum atomic E-state index is -0.582. The van der Waals surface area contributed by atoms with E-state index in [9.17, 15) is 4.79 Å². The molecular formula is C15H32N2O2. The van der Waals surface area contributed by atoms with Crippen LogP contribution in [-0.4, -0.2) is 49.7 Å². The lowest BCUT2D eigenvalue weighted by Gasteiger charge is -2.31. The molecule has 19 heavy (non-hydrogen) atoms. The number of hydrogen-bond donors (Lipinski definition) is 1. The summed E-state index contributed by atoms with van der Waals surface area (Å²) in [4.78, 5) is 14.2. The summed E-state index contributed by atoms with van der Waals surface area (Å²) in [5.41, 5.74) is -0.582. The molecule has 0 heterocycles. The van der Waals surface area contributed by atoms with Gasteiger partial charge in [0.15, 0.2) is 0 Å². The zero-order chi connectivity index (χ0) is 15.1. The van der Waals surface area contributed by atoms with Crippen molar-refractivity contribution in [3.8, 4) is 0 Å². The van der Waals surface area contributed by atoms with E-state index in [1.807, 2.05) is 20.8 Å². The SMILES string of the molecule is COC(=O)C(C)(CCCN(C)CC(C)C)NC(C)C. The van der Waals surface area contributed by atoms with Gasteiger partial charge in [0, 0.05) is 12.6 Å². The van der Waals surface area contributed by atoms with Crippen molar-refractivity contribution in [2.45, 2.75) is 59.0 Å². The van der Waals surface area contributed by atoms with E-state index >= 15 is 0 Å². The molecule has 0 saturated carbocycles. The number of methoxy groups -OCH3 is 1. The minimum Gasteiger partial charge on any atom is -0.468 e. The van der Waals surface area contributed by atoms with Crippen molar-refractivity contribution in [2.24, 2.45) is 5.92 Å². The molecule has 0 rings (SSSR count). The van der Waals surface area contributed by atoms with Gasteiger partial charge < -0.3 is 9.64 Å². The second-order valence-corrected chi connectivity index (χ2v) is 6.38. The van der Waals surface area contributed by atoms with Crippen LogP contribution in [-0.2, 0) is 9.53 Å². The Morgan fingerprint density at radius 1 is 1.32 bits per heavy atom. The highest BCUT2D eigenvalue weighted by molar-refractivity contribution is 5.80. The summed E-state index contributed by atoms with van der Waals surface area (Å²) in [6.45, 7) is 12.6. The fraction of sp³-hybridized carbons (Fsp3) is 0.933. The number of ether oxygens (including phenoxy) is 1. The number of carbonyl (C=O) groups is 1. The van der Waals surface area contributed by atoms with Crippen LogP contribution in [0, 0.1) is 5.92 Å². The molecule has 0 spiro atoms. The van der Waals surface area contributed by atoms with Crippen molar-refractivity contribution >= 4 is 5.97 Å². The molecule has 4 heteroatoms. The Morgan fingerprint density at radius 2 is 1.89 bits per heavy atom. The van der Waals surface area contributed by atoms with Gasteiger partial charge in [-0.25, -0.2) is 0 Å². The van der Waals surface area contributed by atoms with Crippen LogP contribution in [0.15, 0.2) is 0 Å². The Kier molecular flexibility index (Phi) is 8.26. The standard InChI is InChI=1S/C15H32N2O2/c1-12(2)11-17(6)10-8-9-15(5,14(18)19-7)16-13(3)4/h12-13,16H,8-11H2,1-7H3. The Morgan fingerprint density at radius 3 is 2.32 bits per heavy atom. The summed E-state index contributed by atoms with van der Waals surface area (Å²) >= 11 is 0. The Hall–Kier alpha value is -0.610. The Balaban J connectivity index is 4.31. The molecular weight excluding hydrogens is 240 g/mol. The van der Waals surface area contributed by atoms with E-state index in [2.05, 4.69) is 31.1 Å². The van der Waals surface area contributed by atoms with E-state index < -0.39 is 5.54 Å². The first-order valence-electron chi connectivity index (χ1n) is 7.26. The van der Waals surface area contributed by atoms with Crippen LogP contribution < -0.4 is 5.32 Å². The van der Waals surface area contributed by atoms with Crippen molar-refractivity contribution in [1.82, 2.24) is 10.2 Å². The fourth-order valence-electron chi connectivity index (χ4n) is 2.51. The van der Waals surface area contributed by atoms with Gasteiger partial charge in [-0.1, -0.05) is 13.8 Å². The lowest BCUT2D eigenvalue weighted by Crippen LogP contribution is -2.53. The van der Waals surface area contributed by atoms with Crippen LogP contribution in [0.5, 0.6) is 0 Å². The van der Waals surface area contributed by atoms with Gasteiger partial charge in [0.2, 0.25) is 0 Å². The molecule has 0 saturated heterocycles. The average Bonchev–Trinajstić information content (AvgIpc) is 2.25. The number of hydrogen-bond acceptors (Lipinski definition) is 4. The van der Waals surface area contributed by atoms with Gasteiger partial charge in [0.05, 0.1) is 7.11 Å². The minimum absolute atomic E-state index is 0.173. The predicted octanol–water partition coefficient (Wildman–Crippen LogP) is 2.28. The van der Waals surface area contributed by atoms with E-state index in [1.54, 1.807) is 0 Å². The zero-order valence-corrected chi connectivity index (χ0v) is 13.7. The zero-order valence-electron chi connectivity index (χ0n) is 13.7. The third-order valence-electron chi connectivity index (χ3n) is 3.14. The maximum atomic E-state index is 11.9. The molecule has 0 amide bonds. The Labute approximate surface area is 118 Å². The molecule has 0 fully saturated rings. The number of nitrogens with zero attached hydrogens (tertiary/aromatic N) is 1. The van der Waals surface area contributed by atoms with Gasteiger partial charge in [0.1, 0.15) is 5.54 Å². The second-order valence-electron chi connectivity index (χ2n) is 6.38. The molecule has 0 bridgehead atoms. The van der Waals surface area contributed by atoms with Crippen molar-refractivity contribution in [2.75, 3.05) is 27.2 Å². The first-order chi connectivity index (χ1) is 8.71. The topological polar surface area (TPSA) is 41.6 Å². The monoisotopic (exact) mass is 272 g/mol. The molecule has 0 aromatic rings. The summed E-state index contributed by atoms with van der Waals surface area (Å²) in [7, 11) is 3.58. The fourth-order valence-corrected chi connectivity index (χ4v) is 2.51. The molecule has 0 aliphatic rings. The highest BCUT2D eigenvalue weighted by atomic mass is 16.5. The maximum Gasteiger partial charge on any atom is 0.325 e. The summed E-state index contributed by atoms with van der Waals surface area (Å²) < 4.78 is 4.92. The number of esters is 1. The molecule has 0 aromatic carbocycles. The molecule has 1 unspecified atom stereocenters.